The highest BCUT2D eigenvalue weighted by molar-refractivity contribution is 5.68. The molecule has 1 unspecified atom stereocenters. The Bertz CT molecular complexity index is 1020. The van der Waals surface area contributed by atoms with Crippen LogP contribution in [0.2, 0.25) is 0 Å². The third-order valence-electron chi connectivity index (χ3n) is 5.62. The van der Waals surface area contributed by atoms with E-state index in [1.54, 1.807) is 0 Å². The molecule has 0 aliphatic heterocycles. The monoisotopic (exact) mass is 405 g/mol. The summed E-state index contributed by atoms with van der Waals surface area (Å²) < 4.78 is 12.1. The van der Waals surface area contributed by atoms with Gasteiger partial charge < -0.3 is 14.3 Å². The number of hydrogen-bond donors (Lipinski definition) is 1. The second kappa shape index (κ2) is 8.74. The molecule has 1 heterocycles. The molecule has 3 aromatic rings. The van der Waals surface area contributed by atoms with Crippen molar-refractivity contribution < 1.29 is 19.1 Å². The zero-order chi connectivity index (χ0) is 21.1. The standard InChI is InChI=1S/C25H27NO4/c1-16(2)24-22(26-25(30-24)17-6-4-3-5-7-17)12-13-29-20-10-11-21-18(14-20)8-9-19(21)15-23(27)28/h3-7,10-11,14,16,19H,8-9,12-13,15H2,1-2H3,(H,27,28). The van der Waals surface area contributed by atoms with Crippen LogP contribution >= 0.6 is 0 Å². The summed E-state index contributed by atoms with van der Waals surface area (Å²) in [6, 6.07) is 16.0. The maximum Gasteiger partial charge on any atom is 0.303 e. The summed E-state index contributed by atoms with van der Waals surface area (Å²) in [5.74, 6) is 2.00. The third kappa shape index (κ3) is 4.40. The van der Waals surface area contributed by atoms with Crippen LogP contribution in [0.15, 0.2) is 52.9 Å². The highest BCUT2D eigenvalue weighted by Crippen LogP contribution is 2.37. The van der Waals surface area contributed by atoms with Crippen LogP contribution < -0.4 is 4.74 Å². The maximum atomic E-state index is 11.0. The second-order valence-electron chi connectivity index (χ2n) is 8.14. The molecule has 156 valence electrons. The molecule has 0 radical (unpaired) electrons. The molecular formula is C25H27NO4. The van der Waals surface area contributed by atoms with Crippen molar-refractivity contribution in [3.8, 4) is 17.2 Å². The van der Waals surface area contributed by atoms with Crippen LogP contribution in [-0.2, 0) is 17.6 Å². The number of oxazole rings is 1. The normalized spacial score (nSPS) is 15.4. The summed E-state index contributed by atoms with van der Waals surface area (Å²) in [6.07, 6.45) is 2.67. The van der Waals surface area contributed by atoms with Crippen LogP contribution in [0.4, 0.5) is 0 Å². The fraction of sp³-hybridized carbons (Fsp3) is 0.360. The van der Waals surface area contributed by atoms with E-state index in [2.05, 4.69) is 19.9 Å². The van der Waals surface area contributed by atoms with Crippen LogP contribution in [-0.4, -0.2) is 22.7 Å². The summed E-state index contributed by atoms with van der Waals surface area (Å²) in [6.45, 7) is 4.72. The van der Waals surface area contributed by atoms with Crippen LogP contribution in [0.25, 0.3) is 11.5 Å². The van der Waals surface area contributed by atoms with Crippen LogP contribution in [0, 0.1) is 0 Å². The van der Waals surface area contributed by atoms with E-state index in [0.717, 1.165) is 41.2 Å². The number of benzene rings is 2. The number of hydrogen-bond acceptors (Lipinski definition) is 4. The smallest absolute Gasteiger partial charge is 0.303 e. The van der Waals surface area contributed by atoms with Crippen LogP contribution in [0.3, 0.4) is 0 Å². The van der Waals surface area contributed by atoms with E-state index in [0.29, 0.717) is 18.9 Å². The summed E-state index contributed by atoms with van der Waals surface area (Å²) in [4.78, 5) is 15.8. The molecule has 1 aliphatic carbocycles. The number of rotatable bonds is 8. The summed E-state index contributed by atoms with van der Waals surface area (Å²) in [5, 5.41) is 9.08. The zero-order valence-electron chi connectivity index (χ0n) is 17.4. The third-order valence-corrected chi connectivity index (χ3v) is 5.62. The van der Waals surface area contributed by atoms with Crippen molar-refractivity contribution in [3.63, 3.8) is 0 Å². The van der Waals surface area contributed by atoms with Crippen molar-refractivity contribution in [2.75, 3.05) is 6.61 Å². The molecular weight excluding hydrogens is 378 g/mol. The Morgan fingerprint density at radius 1 is 1.23 bits per heavy atom. The SMILES string of the molecule is CC(C)c1oc(-c2ccccc2)nc1CCOc1ccc2c(c1)CCC2CC(=O)O. The van der Waals surface area contributed by atoms with Gasteiger partial charge in [0.1, 0.15) is 11.5 Å². The number of carboxylic acid groups (broad SMARTS) is 1. The van der Waals surface area contributed by atoms with Gasteiger partial charge in [0.25, 0.3) is 0 Å². The lowest BCUT2D eigenvalue weighted by Gasteiger charge is -2.11. The van der Waals surface area contributed by atoms with Gasteiger partial charge in [-0.1, -0.05) is 38.1 Å². The second-order valence-corrected chi connectivity index (χ2v) is 8.14. The number of ether oxygens (including phenoxy) is 1. The molecule has 4 rings (SSSR count). The zero-order valence-corrected chi connectivity index (χ0v) is 17.4. The predicted octanol–water partition coefficient (Wildman–Crippen LogP) is 5.59. The lowest BCUT2D eigenvalue weighted by atomic mass is 9.98. The van der Waals surface area contributed by atoms with Gasteiger partial charge in [0.15, 0.2) is 0 Å². The number of fused-ring (bicyclic) bond motifs is 1. The average Bonchev–Trinajstić information content (AvgIpc) is 3.33. The van der Waals surface area contributed by atoms with Crippen molar-refractivity contribution in [1.29, 1.82) is 0 Å². The lowest BCUT2D eigenvalue weighted by Crippen LogP contribution is -2.05. The number of carboxylic acids is 1. The Morgan fingerprint density at radius 2 is 2.03 bits per heavy atom. The molecule has 2 aromatic carbocycles. The van der Waals surface area contributed by atoms with Gasteiger partial charge in [0, 0.05) is 17.9 Å². The molecule has 1 N–H and O–H groups in total. The number of aryl methyl sites for hydroxylation is 1. The van der Waals surface area contributed by atoms with E-state index >= 15 is 0 Å². The molecule has 0 saturated heterocycles. The molecule has 1 atom stereocenters. The molecule has 30 heavy (non-hydrogen) atoms. The van der Waals surface area contributed by atoms with E-state index < -0.39 is 5.97 Å². The van der Waals surface area contributed by atoms with Gasteiger partial charge >= 0.3 is 5.97 Å². The molecule has 1 aliphatic rings. The van der Waals surface area contributed by atoms with Gasteiger partial charge in [-0.05, 0) is 54.2 Å². The minimum atomic E-state index is -0.739. The highest BCUT2D eigenvalue weighted by atomic mass is 16.5. The van der Waals surface area contributed by atoms with Gasteiger partial charge in [-0.25, -0.2) is 4.98 Å². The van der Waals surface area contributed by atoms with E-state index in [1.165, 1.54) is 5.56 Å². The van der Waals surface area contributed by atoms with Gasteiger partial charge in [-0.15, -0.1) is 0 Å². The van der Waals surface area contributed by atoms with Crippen LogP contribution in [0.5, 0.6) is 5.75 Å². The Labute approximate surface area is 176 Å². The fourth-order valence-corrected chi connectivity index (χ4v) is 4.16. The van der Waals surface area contributed by atoms with Crippen molar-refractivity contribution in [1.82, 2.24) is 4.98 Å². The predicted molar refractivity (Wildman–Crippen MR) is 115 cm³/mol. The van der Waals surface area contributed by atoms with E-state index in [1.807, 2.05) is 42.5 Å². The quantitative estimate of drug-likeness (QED) is 0.529. The number of nitrogens with zero attached hydrogens (tertiary/aromatic N) is 1. The van der Waals surface area contributed by atoms with Crippen molar-refractivity contribution >= 4 is 5.97 Å². The van der Waals surface area contributed by atoms with Crippen molar-refractivity contribution in [2.24, 2.45) is 0 Å². The lowest BCUT2D eigenvalue weighted by molar-refractivity contribution is -0.137. The van der Waals surface area contributed by atoms with Gasteiger partial charge in [-0.3, -0.25) is 4.79 Å². The first-order valence-corrected chi connectivity index (χ1v) is 10.5. The van der Waals surface area contributed by atoms with Gasteiger partial charge in [0.05, 0.1) is 18.7 Å². The van der Waals surface area contributed by atoms with Crippen molar-refractivity contribution in [3.05, 3.63) is 71.1 Å². The van der Waals surface area contributed by atoms with Crippen molar-refractivity contribution in [2.45, 2.75) is 51.4 Å². The van der Waals surface area contributed by atoms with E-state index in [4.69, 9.17) is 19.2 Å². The molecule has 1 aromatic heterocycles. The van der Waals surface area contributed by atoms with E-state index in [-0.39, 0.29) is 18.3 Å². The first-order valence-electron chi connectivity index (χ1n) is 10.5. The minimum absolute atomic E-state index is 0.117. The van der Waals surface area contributed by atoms with E-state index in [9.17, 15) is 4.79 Å². The molecule has 5 nitrogen and oxygen atoms in total. The number of aliphatic carboxylic acids is 1. The molecule has 0 spiro atoms. The summed E-state index contributed by atoms with van der Waals surface area (Å²) in [5.41, 5.74) is 4.26. The molecule has 5 heteroatoms. The summed E-state index contributed by atoms with van der Waals surface area (Å²) >= 11 is 0. The first-order chi connectivity index (χ1) is 14.5. The molecule has 0 saturated carbocycles. The Balaban J connectivity index is 1.42. The number of aromatic nitrogens is 1. The van der Waals surface area contributed by atoms with Gasteiger partial charge in [-0.2, -0.15) is 0 Å². The molecule has 0 bridgehead atoms. The Morgan fingerprint density at radius 3 is 2.77 bits per heavy atom. The average molecular weight is 405 g/mol. The fourth-order valence-electron chi connectivity index (χ4n) is 4.16. The topological polar surface area (TPSA) is 72.6 Å². The highest BCUT2D eigenvalue weighted by Gasteiger charge is 2.25. The largest absolute Gasteiger partial charge is 0.493 e. The summed E-state index contributed by atoms with van der Waals surface area (Å²) in [7, 11) is 0. The number of carbonyl (C=O) groups is 1. The maximum absolute atomic E-state index is 11.0. The molecule has 0 amide bonds. The Hall–Kier alpha value is -3.08. The first kappa shape index (κ1) is 20.2. The van der Waals surface area contributed by atoms with Crippen LogP contribution in [0.1, 0.15) is 61.1 Å². The Kier molecular flexibility index (Phi) is 5.88. The minimum Gasteiger partial charge on any atom is -0.493 e. The van der Waals surface area contributed by atoms with Gasteiger partial charge in [0.2, 0.25) is 5.89 Å². The molecule has 0 fully saturated rings.